The van der Waals surface area contributed by atoms with Gasteiger partial charge in [0.15, 0.2) is 0 Å². The van der Waals surface area contributed by atoms with Crippen molar-refractivity contribution in [1.82, 2.24) is 10.3 Å². The Balaban J connectivity index is 2.11. The SMILES string of the molecule is COc1cc(NC(=N)/C(=C\N[C@H]2COCC[C@@H]2C)C(N)=O)cc(F)n1. The van der Waals surface area contributed by atoms with Crippen LogP contribution >= 0.6 is 0 Å². The first-order chi connectivity index (χ1) is 11.9. The van der Waals surface area contributed by atoms with E-state index in [1.807, 2.05) is 0 Å². The van der Waals surface area contributed by atoms with Crippen molar-refractivity contribution in [3.63, 3.8) is 0 Å². The first-order valence-electron chi connectivity index (χ1n) is 7.82. The second kappa shape index (κ2) is 8.43. The highest BCUT2D eigenvalue weighted by Gasteiger charge is 2.21. The molecule has 1 fully saturated rings. The van der Waals surface area contributed by atoms with Crippen molar-refractivity contribution in [2.75, 3.05) is 25.6 Å². The van der Waals surface area contributed by atoms with Gasteiger partial charge >= 0.3 is 0 Å². The Morgan fingerprint density at radius 1 is 1.56 bits per heavy atom. The molecule has 0 radical (unpaired) electrons. The minimum absolute atomic E-state index is 0.0226. The summed E-state index contributed by atoms with van der Waals surface area (Å²) in [5.74, 6) is -1.41. The molecular formula is C16H22FN5O3. The van der Waals surface area contributed by atoms with Crippen LogP contribution in [-0.2, 0) is 9.53 Å². The number of rotatable bonds is 6. The molecule has 1 aromatic rings. The zero-order valence-electron chi connectivity index (χ0n) is 14.1. The third-order valence-corrected chi connectivity index (χ3v) is 3.93. The molecule has 1 aliphatic heterocycles. The molecule has 2 heterocycles. The van der Waals surface area contributed by atoms with Gasteiger partial charge in [0.25, 0.3) is 5.91 Å². The number of carbonyl (C=O) groups is 1. The molecule has 0 aliphatic carbocycles. The molecule has 0 saturated carbocycles. The molecule has 1 saturated heterocycles. The number of methoxy groups -OCH3 is 1. The molecule has 2 atom stereocenters. The average Bonchev–Trinajstić information content (AvgIpc) is 2.55. The molecule has 0 spiro atoms. The van der Waals surface area contributed by atoms with E-state index in [-0.39, 0.29) is 29.0 Å². The van der Waals surface area contributed by atoms with E-state index >= 15 is 0 Å². The Morgan fingerprint density at radius 2 is 2.32 bits per heavy atom. The number of aromatic nitrogens is 1. The second-order valence-corrected chi connectivity index (χ2v) is 5.76. The predicted molar refractivity (Wildman–Crippen MR) is 90.9 cm³/mol. The second-order valence-electron chi connectivity index (χ2n) is 5.76. The zero-order valence-corrected chi connectivity index (χ0v) is 14.1. The molecular weight excluding hydrogens is 329 g/mol. The molecule has 1 aromatic heterocycles. The monoisotopic (exact) mass is 351 g/mol. The van der Waals surface area contributed by atoms with Gasteiger partial charge in [0.1, 0.15) is 5.84 Å². The van der Waals surface area contributed by atoms with Gasteiger partial charge in [0.2, 0.25) is 11.8 Å². The molecule has 0 bridgehead atoms. The highest BCUT2D eigenvalue weighted by Crippen LogP contribution is 2.17. The normalized spacial score (nSPS) is 20.7. The summed E-state index contributed by atoms with van der Waals surface area (Å²) in [6.07, 6.45) is 2.30. The fourth-order valence-electron chi connectivity index (χ4n) is 2.38. The number of primary amides is 1. The fraction of sp³-hybridized carbons (Fsp3) is 0.438. The average molecular weight is 351 g/mol. The number of pyridine rings is 1. The number of halogens is 1. The molecule has 25 heavy (non-hydrogen) atoms. The van der Waals surface area contributed by atoms with Crippen molar-refractivity contribution in [3.8, 4) is 5.88 Å². The van der Waals surface area contributed by atoms with Gasteiger partial charge in [-0.15, -0.1) is 0 Å². The number of hydrogen-bond donors (Lipinski definition) is 4. The van der Waals surface area contributed by atoms with Crippen molar-refractivity contribution in [3.05, 3.63) is 29.9 Å². The van der Waals surface area contributed by atoms with E-state index in [2.05, 4.69) is 22.5 Å². The van der Waals surface area contributed by atoms with Crippen LogP contribution < -0.4 is 21.1 Å². The van der Waals surface area contributed by atoms with E-state index in [1.54, 1.807) is 0 Å². The van der Waals surface area contributed by atoms with E-state index in [4.69, 9.17) is 20.6 Å². The van der Waals surface area contributed by atoms with Gasteiger partial charge in [-0.2, -0.15) is 9.37 Å². The number of nitrogens with zero attached hydrogens (tertiary/aromatic N) is 1. The quantitative estimate of drug-likeness (QED) is 0.262. The highest BCUT2D eigenvalue weighted by molar-refractivity contribution is 6.23. The van der Waals surface area contributed by atoms with Gasteiger partial charge in [-0.1, -0.05) is 6.92 Å². The van der Waals surface area contributed by atoms with Crippen LogP contribution in [-0.4, -0.2) is 43.1 Å². The summed E-state index contributed by atoms with van der Waals surface area (Å²) < 4.78 is 23.7. The van der Waals surface area contributed by atoms with Crippen molar-refractivity contribution in [1.29, 1.82) is 5.41 Å². The number of amides is 1. The number of carbonyl (C=O) groups excluding carboxylic acids is 1. The lowest BCUT2D eigenvalue weighted by molar-refractivity contribution is -0.114. The van der Waals surface area contributed by atoms with Crippen LogP contribution in [0.3, 0.4) is 0 Å². The lowest BCUT2D eigenvalue weighted by atomic mass is 9.97. The number of anilines is 1. The first kappa shape index (κ1) is 18.7. The van der Waals surface area contributed by atoms with Crippen molar-refractivity contribution >= 4 is 17.4 Å². The zero-order chi connectivity index (χ0) is 18.4. The number of nitrogens with one attached hydrogen (secondary N) is 3. The number of amidine groups is 1. The Morgan fingerprint density at radius 3 is 2.96 bits per heavy atom. The number of hydrogen-bond acceptors (Lipinski definition) is 6. The maximum Gasteiger partial charge on any atom is 0.253 e. The van der Waals surface area contributed by atoms with Crippen LogP contribution in [0.1, 0.15) is 13.3 Å². The molecule has 1 aliphatic rings. The highest BCUT2D eigenvalue weighted by atomic mass is 19.1. The molecule has 9 heteroatoms. The van der Waals surface area contributed by atoms with Gasteiger partial charge in [-0.3, -0.25) is 10.2 Å². The molecule has 2 rings (SSSR count). The molecule has 0 unspecified atom stereocenters. The van der Waals surface area contributed by atoms with Crippen LogP contribution in [0, 0.1) is 17.3 Å². The van der Waals surface area contributed by atoms with Gasteiger partial charge in [-0.05, 0) is 12.3 Å². The molecule has 136 valence electrons. The molecule has 1 amide bonds. The number of nitrogens with two attached hydrogens (primary N) is 1. The van der Waals surface area contributed by atoms with Gasteiger partial charge in [-0.25, -0.2) is 0 Å². The third kappa shape index (κ3) is 5.15. The number of ether oxygens (including phenoxy) is 2. The summed E-state index contributed by atoms with van der Waals surface area (Å²) in [5.41, 5.74) is 5.51. The maximum absolute atomic E-state index is 13.4. The van der Waals surface area contributed by atoms with Crippen molar-refractivity contribution < 1.29 is 18.7 Å². The fourth-order valence-corrected chi connectivity index (χ4v) is 2.38. The van der Waals surface area contributed by atoms with E-state index in [0.717, 1.165) is 12.5 Å². The van der Waals surface area contributed by atoms with E-state index in [9.17, 15) is 9.18 Å². The molecule has 5 N–H and O–H groups in total. The Bertz CT molecular complexity index is 680. The van der Waals surface area contributed by atoms with Crippen LogP contribution in [0.2, 0.25) is 0 Å². The Kier molecular flexibility index (Phi) is 6.29. The summed E-state index contributed by atoms with van der Waals surface area (Å²) in [4.78, 5) is 15.2. The van der Waals surface area contributed by atoms with Crippen LogP contribution in [0.25, 0.3) is 0 Å². The Hall–Kier alpha value is -2.68. The predicted octanol–water partition coefficient (Wildman–Crippen LogP) is 1.00. The van der Waals surface area contributed by atoms with E-state index in [1.165, 1.54) is 19.4 Å². The third-order valence-electron chi connectivity index (χ3n) is 3.93. The summed E-state index contributed by atoms with van der Waals surface area (Å²) in [6.45, 7) is 3.29. The topological polar surface area (TPSA) is 122 Å². The van der Waals surface area contributed by atoms with Crippen LogP contribution in [0.4, 0.5) is 10.1 Å². The van der Waals surface area contributed by atoms with Gasteiger partial charge in [0, 0.05) is 30.6 Å². The smallest absolute Gasteiger partial charge is 0.253 e. The van der Waals surface area contributed by atoms with Crippen LogP contribution in [0.15, 0.2) is 23.9 Å². The van der Waals surface area contributed by atoms with Crippen molar-refractivity contribution in [2.45, 2.75) is 19.4 Å². The van der Waals surface area contributed by atoms with Gasteiger partial charge < -0.3 is 25.8 Å². The lowest BCUT2D eigenvalue weighted by Crippen LogP contribution is -2.41. The molecule has 0 aromatic carbocycles. The maximum atomic E-state index is 13.4. The minimum Gasteiger partial charge on any atom is -0.481 e. The lowest BCUT2D eigenvalue weighted by Gasteiger charge is -2.29. The molecule has 8 nitrogen and oxygen atoms in total. The first-order valence-corrected chi connectivity index (χ1v) is 7.82. The Labute approximate surface area is 145 Å². The summed E-state index contributed by atoms with van der Waals surface area (Å²) in [5, 5.41) is 13.7. The minimum atomic E-state index is -0.782. The summed E-state index contributed by atoms with van der Waals surface area (Å²) >= 11 is 0. The van der Waals surface area contributed by atoms with Gasteiger partial charge in [0.05, 0.1) is 25.3 Å². The van der Waals surface area contributed by atoms with Crippen LogP contribution in [0.5, 0.6) is 5.88 Å². The summed E-state index contributed by atoms with van der Waals surface area (Å²) in [7, 11) is 1.35. The van der Waals surface area contributed by atoms with E-state index < -0.39 is 11.9 Å². The standard InChI is InChI=1S/C16H22FN5O3/c1-9-3-4-25-8-12(9)20-7-11(16(19)23)15(18)21-10-5-13(17)22-14(6-10)24-2/h5-7,9,12,20H,3-4,8H2,1-2H3,(H2,19,23)(H2,18,21,22)/b11-7+/t9-,12-/m0/s1. The van der Waals surface area contributed by atoms with Crippen molar-refractivity contribution in [2.24, 2.45) is 11.7 Å². The van der Waals surface area contributed by atoms with E-state index in [0.29, 0.717) is 19.1 Å². The summed E-state index contributed by atoms with van der Waals surface area (Å²) in [6, 6.07) is 2.51. The largest absolute Gasteiger partial charge is 0.481 e.